The van der Waals surface area contributed by atoms with Gasteiger partial charge < -0.3 is 14.8 Å². The fourth-order valence-corrected chi connectivity index (χ4v) is 3.11. The molecule has 0 aliphatic heterocycles. The smallest absolute Gasteiger partial charge is 0.329 e. The summed E-state index contributed by atoms with van der Waals surface area (Å²) in [5.74, 6) is 0.0358. The van der Waals surface area contributed by atoms with Gasteiger partial charge in [0.1, 0.15) is 11.3 Å². The number of carboxylic acid groups (broad SMARTS) is 1. The molecule has 0 unspecified atom stereocenters. The Labute approximate surface area is 124 Å². The van der Waals surface area contributed by atoms with Gasteiger partial charge in [0, 0.05) is 5.56 Å². The van der Waals surface area contributed by atoms with E-state index in [9.17, 15) is 14.7 Å². The lowest BCUT2D eigenvalue weighted by atomic mass is 9.75. The molecule has 5 nitrogen and oxygen atoms in total. The SMILES string of the molecule is CCC1CCC(NC(=O)c2oc(C)cc2C)(C(=O)O)CC1. The van der Waals surface area contributed by atoms with Crippen molar-refractivity contribution in [2.45, 2.75) is 58.4 Å². The largest absolute Gasteiger partial charge is 0.480 e. The minimum absolute atomic E-state index is 0.214. The van der Waals surface area contributed by atoms with Crippen LogP contribution in [0.15, 0.2) is 10.5 Å². The molecular weight excluding hydrogens is 270 g/mol. The number of rotatable bonds is 4. The second kappa shape index (κ2) is 5.92. The average Bonchev–Trinajstić information content (AvgIpc) is 2.78. The third-order valence-electron chi connectivity index (χ3n) is 4.55. The Balaban J connectivity index is 2.16. The van der Waals surface area contributed by atoms with E-state index in [-0.39, 0.29) is 5.76 Å². The first-order valence-corrected chi connectivity index (χ1v) is 7.51. The van der Waals surface area contributed by atoms with Gasteiger partial charge in [0.15, 0.2) is 5.76 Å². The molecule has 5 heteroatoms. The number of amides is 1. The lowest BCUT2D eigenvalue weighted by Crippen LogP contribution is -2.56. The van der Waals surface area contributed by atoms with Crippen molar-refractivity contribution in [3.63, 3.8) is 0 Å². The van der Waals surface area contributed by atoms with E-state index < -0.39 is 17.4 Å². The summed E-state index contributed by atoms with van der Waals surface area (Å²) < 4.78 is 5.38. The lowest BCUT2D eigenvalue weighted by molar-refractivity contribution is -0.146. The van der Waals surface area contributed by atoms with Gasteiger partial charge in [-0.25, -0.2) is 4.79 Å². The maximum Gasteiger partial charge on any atom is 0.329 e. The first-order valence-electron chi connectivity index (χ1n) is 7.51. The molecule has 0 spiro atoms. The highest BCUT2D eigenvalue weighted by Crippen LogP contribution is 2.34. The monoisotopic (exact) mass is 293 g/mol. The Hall–Kier alpha value is -1.78. The molecule has 1 saturated carbocycles. The minimum atomic E-state index is -1.16. The molecule has 1 aromatic heterocycles. The van der Waals surface area contributed by atoms with Crippen molar-refractivity contribution in [3.8, 4) is 0 Å². The second-order valence-corrected chi connectivity index (χ2v) is 6.06. The molecule has 116 valence electrons. The number of aliphatic carboxylic acids is 1. The third kappa shape index (κ3) is 3.12. The molecule has 0 aromatic carbocycles. The maximum atomic E-state index is 12.3. The highest BCUT2D eigenvalue weighted by molar-refractivity contribution is 5.96. The van der Waals surface area contributed by atoms with E-state index in [0.29, 0.717) is 24.5 Å². The van der Waals surface area contributed by atoms with Crippen LogP contribution in [0.4, 0.5) is 0 Å². The van der Waals surface area contributed by atoms with Crippen LogP contribution in [0, 0.1) is 19.8 Å². The number of carboxylic acids is 1. The molecule has 1 aliphatic rings. The topological polar surface area (TPSA) is 79.5 Å². The number of nitrogens with one attached hydrogen (secondary N) is 1. The minimum Gasteiger partial charge on any atom is -0.480 e. The summed E-state index contributed by atoms with van der Waals surface area (Å²) in [6, 6.07) is 1.77. The van der Waals surface area contributed by atoms with Crippen molar-refractivity contribution in [2.75, 3.05) is 0 Å². The van der Waals surface area contributed by atoms with Gasteiger partial charge in [-0.15, -0.1) is 0 Å². The summed E-state index contributed by atoms with van der Waals surface area (Å²) in [4.78, 5) is 24.0. The van der Waals surface area contributed by atoms with Gasteiger partial charge in [-0.05, 0) is 51.5 Å². The first kappa shape index (κ1) is 15.6. The van der Waals surface area contributed by atoms with Crippen molar-refractivity contribution >= 4 is 11.9 Å². The van der Waals surface area contributed by atoms with Crippen molar-refractivity contribution in [1.82, 2.24) is 5.32 Å². The van der Waals surface area contributed by atoms with Gasteiger partial charge in [-0.3, -0.25) is 4.79 Å². The van der Waals surface area contributed by atoms with Crippen LogP contribution >= 0.6 is 0 Å². The molecule has 1 heterocycles. The van der Waals surface area contributed by atoms with Crippen LogP contribution in [0.25, 0.3) is 0 Å². The Kier molecular flexibility index (Phi) is 4.40. The molecule has 1 aromatic rings. The zero-order valence-corrected chi connectivity index (χ0v) is 12.9. The van der Waals surface area contributed by atoms with Crippen LogP contribution in [0.5, 0.6) is 0 Å². The van der Waals surface area contributed by atoms with E-state index >= 15 is 0 Å². The van der Waals surface area contributed by atoms with Gasteiger partial charge in [0.05, 0.1) is 0 Å². The molecule has 1 aliphatic carbocycles. The molecule has 0 saturated heterocycles. The molecule has 0 atom stereocenters. The Morgan fingerprint density at radius 3 is 2.43 bits per heavy atom. The van der Waals surface area contributed by atoms with Gasteiger partial charge in [-0.1, -0.05) is 13.3 Å². The summed E-state index contributed by atoms with van der Waals surface area (Å²) in [5.41, 5.74) is -0.427. The first-order chi connectivity index (χ1) is 9.88. The van der Waals surface area contributed by atoms with E-state index in [0.717, 1.165) is 24.8 Å². The molecule has 1 fully saturated rings. The summed E-state index contributed by atoms with van der Waals surface area (Å²) in [6.07, 6.45) is 3.68. The van der Waals surface area contributed by atoms with Crippen LogP contribution in [0.1, 0.15) is 60.9 Å². The van der Waals surface area contributed by atoms with Gasteiger partial charge in [0.2, 0.25) is 0 Å². The zero-order valence-electron chi connectivity index (χ0n) is 12.9. The van der Waals surface area contributed by atoms with E-state index in [1.54, 1.807) is 19.9 Å². The van der Waals surface area contributed by atoms with Crippen LogP contribution in [-0.2, 0) is 4.79 Å². The van der Waals surface area contributed by atoms with Crippen molar-refractivity contribution in [3.05, 3.63) is 23.2 Å². The van der Waals surface area contributed by atoms with Crippen molar-refractivity contribution in [1.29, 1.82) is 0 Å². The zero-order chi connectivity index (χ0) is 15.6. The van der Waals surface area contributed by atoms with E-state index in [1.807, 2.05) is 0 Å². The summed E-state index contributed by atoms with van der Waals surface area (Å²) in [7, 11) is 0. The number of hydrogen-bond donors (Lipinski definition) is 2. The number of furan rings is 1. The molecular formula is C16H23NO4. The van der Waals surface area contributed by atoms with Crippen molar-refractivity contribution < 1.29 is 19.1 Å². The van der Waals surface area contributed by atoms with Crippen molar-refractivity contribution in [2.24, 2.45) is 5.92 Å². The van der Waals surface area contributed by atoms with E-state index in [4.69, 9.17) is 4.42 Å². The van der Waals surface area contributed by atoms with Gasteiger partial charge >= 0.3 is 5.97 Å². The second-order valence-electron chi connectivity index (χ2n) is 6.06. The van der Waals surface area contributed by atoms with Crippen LogP contribution in [0.3, 0.4) is 0 Å². The maximum absolute atomic E-state index is 12.3. The summed E-state index contributed by atoms with van der Waals surface area (Å²) >= 11 is 0. The summed E-state index contributed by atoms with van der Waals surface area (Å²) in [5, 5.41) is 12.3. The Bertz CT molecular complexity index is 538. The Morgan fingerprint density at radius 1 is 1.38 bits per heavy atom. The molecule has 0 bridgehead atoms. The molecule has 2 N–H and O–H groups in total. The van der Waals surface area contributed by atoms with Gasteiger partial charge in [-0.2, -0.15) is 0 Å². The molecule has 1 amide bonds. The average molecular weight is 293 g/mol. The molecule has 0 radical (unpaired) electrons. The fraction of sp³-hybridized carbons (Fsp3) is 0.625. The lowest BCUT2D eigenvalue weighted by Gasteiger charge is -2.37. The standard InChI is InChI=1S/C16H23NO4/c1-4-12-5-7-16(8-6-12,15(19)20)17-14(18)13-10(2)9-11(3)21-13/h9,12H,4-8H2,1-3H3,(H,17,18)(H,19,20). The quantitative estimate of drug-likeness (QED) is 0.894. The summed E-state index contributed by atoms with van der Waals surface area (Å²) in [6.45, 7) is 5.67. The Morgan fingerprint density at radius 2 is 2.00 bits per heavy atom. The number of aryl methyl sites for hydroxylation is 2. The van der Waals surface area contributed by atoms with E-state index in [1.165, 1.54) is 0 Å². The molecule has 21 heavy (non-hydrogen) atoms. The highest BCUT2D eigenvalue weighted by atomic mass is 16.4. The highest BCUT2D eigenvalue weighted by Gasteiger charge is 2.43. The molecule has 2 rings (SSSR count). The number of carbonyl (C=O) groups is 2. The normalized spacial score (nSPS) is 25.6. The van der Waals surface area contributed by atoms with Crippen LogP contribution in [-0.4, -0.2) is 22.5 Å². The van der Waals surface area contributed by atoms with Crippen LogP contribution in [0.2, 0.25) is 0 Å². The number of carbonyl (C=O) groups excluding carboxylic acids is 1. The van der Waals surface area contributed by atoms with E-state index in [2.05, 4.69) is 12.2 Å². The predicted molar refractivity (Wildman–Crippen MR) is 78.3 cm³/mol. The third-order valence-corrected chi connectivity index (χ3v) is 4.55. The fourth-order valence-electron chi connectivity index (χ4n) is 3.11. The predicted octanol–water partition coefficient (Wildman–Crippen LogP) is 3.05. The number of hydrogen-bond acceptors (Lipinski definition) is 3. The van der Waals surface area contributed by atoms with Crippen LogP contribution < -0.4 is 5.32 Å². The van der Waals surface area contributed by atoms with Gasteiger partial charge in [0.25, 0.3) is 5.91 Å².